The van der Waals surface area contributed by atoms with Gasteiger partial charge in [-0.1, -0.05) is 17.7 Å². The lowest BCUT2D eigenvalue weighted by Gasteiger charge is -2.13. The third-order valence-corrected chi connectivity index (χ3v) is 4.99. The van der Waals surface area contributed by atoms with Gasteiger partial charge >= 0.3 is 5.97 Å². The number of nitrogens with one attached hydrogen (secondary N) is 1. The number of amides is 1. The molecule has 0 radical (unpaired) electrons. The number of carbonyl (C=O) groups is 2. The summed E-state index contributed by atoms with van der Waals surface area (Å²) in [5.74, 6) is -2.45. The van der Waals surface area contributed by atoms with Crippen LogP contribution in [0.3, 0.4) is 0 Å². The first-order valence-electron chi connectivity index (χ1n) is 7.42. The van der Waals surface area contributed by atoms with Gasteiger partial charge in [0.25, 0.3) is 5.56 Å². The Kier molecular flexibility index (Phi) is 4.71. The molecule has 1 amide bonds. The molecule has 0 unspecified atom stereocenters. The van der Waals surface area contributed by atoms with Crippen molar-refractivity contribution in [1.29, 1.82) is 0 Å². The van der Waals surface area contributed by atoms with E-state index in [-0.39, 0.29) is 12.5 Å². The van der Waals surface area contributed by atoms with E-state index in [4.69, 9.17) is 11.6 Å². The van der Waals surface area contributed by atoms with Crippen molar-refractivity contribution >= 4 is 50.7 Å². The maximum absolute atomic E-state index is 12.5. The summed E-state index contributed by atoms with van der Waals surface area (Å²) in [6.45, 7) is 1.42. The van der Waals surface area contributed by atoms with Crippen LogP contribution in [0.4, 0.5) is 5.69 Å². The monoisotopic (exact) mass is 392 g/mol. The third kappa shape index (κ3) is 3.16. The summed E-state index contributed by atoms with van der Waals surface area (Å²) in [5, 5.41) is 24.0. The molecule has 0 aliphatic heterocycles. The normalized spacial score (nSPS) is 10.8. The summed E-state index contributed by atoms with van der Waals surface area (Å²) in [6, 6.07) is 6.51. The first-order valence-corrected chi connectivity index (χ1v) is 8.67. The molecule has 3 rings (SSSR count). The van der Waals surface area contributed by atoms with E-state index < -0.39 is 22.8 Å². The SMILES string of the molecule is CC(=O)Nc1cc(Cn2c(=O)c(O)c(C(=O)O)c3sccc32)ccc1Cl. The fraction of sp³-hybridized carbons (Fsp3) is 0.118. The minimum atomic E-state index is -1.36. The lowest BCUT2D eigenvalue weighted by molar-refractivity contribution is -0.114. The number of thiophene rings is 1. The Bertz CT molecular complexity index is 1100. The summed E-state index contributed by atoms with van der Waals surface area (Å²) >= 11 is 7.17. The van der Waals surface area contributed by atoms with Gasteiger partial charge in [0.1, 0.15) is 5.56 Å². The molecule has 3 N–H and O–H groups in total. The van der Waals surface area contributed by atoms with Crippen molar-refractivity contribution in [3.63, 3.8) is 0 Å². The summed E-state index contributed by atoms with van der Waals surface area (Å²) in [5.41, 5.74) is 0.259. The molecule has 0 fully saturated rings. The summed E-state index contributed by atoms with van der Waals surface area (Å²) < 4.78 is 1.60. The Balaban J connectivity index is 2.14. The minimum Gasteiger partial charge on any atom is -0.502 e. The number of aromatic carboxylic acids is 1. The molecule has 134 valence electrons. The van der Waals surface area contributed by atoms with Crippen molar-refractivity contribution in [2.45, 2.75) is 13.5 Å². The van der Waals surface area contributed by atoms with Crippen LogP contribution in [0.25, 0.3) is 10.2 Å². The number of halogens is 1. The van der Waals surface area contributed by atoms with Gasteiger partial charge in [0.15, 0.2) is 5.75 Å². The molecule has 0 atom stereocenters. The van der Waals surface area contributed by atoms with Crippen LogP contribution >= 0.6 is 22.9 Å². The number of aromatic nitrogens is 1. The van der Waals surface area contributed by atoms with Crippen LogP contribution in [0, 0.1) is 0 Å². The molecule has 0 saturated carbocycles. The molecule has 2 aromatic heterocycles. The molecule has 9 heteroatoms. The summed E-state index contributed by atoms with van der Waals surface area (Å²) in [7, 11) is 0. The number of rotatable bonds is 4. The van der Waals surface area contributed by atoms with Gasteiger partial charge in [-0.05, 0) is 29.1 Å². The first-order chi connectivity index (χ1) is 12.3. The van der Waals surface area contributed by atoms with Crippen LogP contribution in [0.5, 0.6) is 5.75 Å². The van der Waals surface area contributed by atoms with Crippen molar-refractivity contribution in [2.75, 3.05) is 5.32 Å². The van der Waals surface area contributed by atoms with Crippen LogP contribution in [-0.2, 0) is 11.3 Å². The molecule has 0 aliphatic carbocycles. The minimum absolute atomic E-state index is 0.0727. The number of anilines is 1. The highest BCUT2D eigenvalue weighted by molar-refractivity contribution is 7.17. The fourth-order valence-corrected chi connectivity index (χ4v) is 3.75. The Morgan fingerprint density at radius 3 is 2.69 bits per heavy atom. The van der Waals surface area contributed by atoms with E-state index in [0.717, 1.165) is 11.3 Å². The number of benzene rings is 1. The van der Waals surface area contributed by atoms with E-state index in [1.54, 1.807) is 29.6 Å². The van der Waals surface area contributed by atoms with Gasteiger partial charge in [-0.2, -0.15) is 0 Å². The molecular formula is C17H13ClN2O5S. The number of fused-ring (bicyclic) bond motifs is 1. The van der Waals surface area contributed by atoms with Gasteiger partial charge in [-0.15, -0.1) is 11.3 Å². The Morgan fingerprint density at radius 1 is 1.31 bits per heavy atom. The number of carboxylic acids is 1. The van der Waals surface area contributed by atoms with Crippen LogP contribution < -0.4 is 10.9 Å². The maximum Gasteiger partial charge on any atom is 0.341 e. The highest BCUT2D eigenvalue weighted by Crippen LogP contribution is 2.30. The van der Waals surface area contributed by atoms with Gasteiger partial charge in [0.05, 0.1) is 27.5 Å². The largest absolute Gasteiger partial charge is 0.502 e. The van der Waals surface area contributed by atoms with E-state index in [2.05, 4.69) is 5.32 Å². The van der Waals surface area contributed by atoms with Crippen molar-refractivity contribution in [3.05, 3.63) is 56.1 Å². The Labute approximate surface area is 156 Å². The van der Waals surface area contributed by atoms with E-state index in [0.29, 0.717) is 26.5 Å². The first kappa shape index (κ1) is 18.0. The molecule has 0 spiro atoms. The molecule has 1 aromatic carbocycles. The van der Waals surface area contributed by atoms with E-state index in [9.17, 15) is 24.6 Å². The zero-order valence-corrected chi connectivity index (χ0v) is 15.0. The molecule has 0 saturated heterocycles. The second-order valence-electron chi connectivity index (χ2n) is 5.55. The second-order valence-corrected chi connectivity index (χ2v) is 6.87. The van der Waals surface area contributed by atoms with Crippen LogP contribution in [0.1, 0.15) is 22.8 Å². The maximum atomic E-state index is 12.5. The second kappa shape index (κ2) is 6.81. The number of hydrogen-bond donors (Lipinski definition) is 3. The highest BCUT2D eigenvalue weighted by Gasteiger charge is 2.22. The van der Waals surface area contributed by atoms with E-state index in [1.165, 1.54) is 11.5 Å². The number of carbonyl (C=O) groups excluding carboxylic acids is 1. The van der Waals surface area contributed by atoms with Crippen molar-refractivity contribution < 1.29 is 19.8 Å². The number of nitrogens with zero attached hydrogens (tertiary/aromatic N) is 1. The smallest absolute Gasteiger partial charge is 0.341 e. The third-order valence-electron chi connectivity index (χ3n) is 3.74. The average Bonchev–Trinajstić information content (AvgIpc) is 3.02. The molecular weight excluding hydrogens is 380 g/mol. The summed E-state index contributed by atoms with van der Waals surface area (Å²) in [4.78, 5) is 35.1. The molecule has 0 bridgehead atoms. The van der Waals surface area contributed by atoms with Crippen LogP contribution in [-0.4, -0.2) is 26.7 Å². The Morgan fingerprint density at radius 2 is 2.04 bits per heavy atom. The van der Waals surface area contributed by atoms with Crippen molar-refractivity contribution in [3.8, 4) is 5.75 Å². The van der Waals surface area contributed by atoms with E-state index in [1.807, 2.05) is 0 Å². The standard InChI is InChI=1S/C17H13ClN2O5S/c1-8(21)19-11-6-9(2-3-10(11)18)7-20-12-4-5-26-15(12)13(17(24)25)14(22)16(20)23/h2-6,22H,7H2,1H3,(H,19,21)(H,24,25). The topological polar surface area (TPSA) is 109 Å². The number of hydrogen-bond acceptors (Lipinski definition) is 5. The predicted molar refractivity (Wildman–Crippen MR) is 99.6 cm³/mol. The van der Waals surface area contributed by atoms with Gasteiger partial charge in [0.2, 0.25) is 5.91 Å². The van der Waals surface area contributed by atoms with E-state index >= 15 is 0 Å². The summed E-state index contributed by atoms with van der Waals surface area (Å²) in [6.07, 6.45) is 0. The fourth-order valence-electron chi connectivity index (χ4n) is 2.65. The molecule has 0 aliphatic rings. The average molecular weight is 393 g/mol. The van der Waals surface area contributed by atoms with Gasteiger partial charge < -0.3 is 15.5 Å². The zero-order valence-electron chi connectivity index (χ0n) is 13.4. The lowest BCUT2D eigenvalue weighted by atomic mass is 10.1. The number of carboxylic acid groups (broad SMARTS) is 1. The highest BCUT2D eigenvalue weighted by atomic mass is 35.5. The molecule has 3 aromatic rings. The number of aromatic hydroxyl groups is 1. The Hall–Kier alpha value is -2.84. The molecule has 7 nitrogen and oxygen atoms in total. The van der Waals surface area contributed by atoms with Crippen LogP contribution in [0.2, 0.25) is 5.02 Å². The van der Waals surface area contributed by atoms with Gasteiger partial charge in [-0.3, -0.25) is 14.2 Å². The van der Waals surface area contributed by atoms with Gasteiger partial charge in [0, 0.05) is 6.92 Å². The van der Waals surface area contributed by atoms with Crippen molar-refractivity contribution in [2.24, 2.45) is 0 Å². The van der Waals surface area contributed by atoms with Crippen molar-refractivity contribution in [1.82, 2.24) is 4.57 Å². The lowest BCUT2D eigenvalue weighted by Crippen LogP contribution is -2.23. The van der Waals surface area contributed by atoms with Gasteiger partial charge in [-0.25, -0.2) is 4.79 Å². The predicted octanol–water partition coefficient (Wildman–Crippen LogP) is 3.13. The quantitative estimate of drug-likeness (QED) is 0.632. The van der Waals surface area contributed by atoms with Crippen LogP contribution in [0.15, 0.2) is 34.4 Å². The number of pyridine rings is 1. The molecule has 2 heterocycles. The zero-order chi connectivity index (χ0) is 19.0. The molecule has 26 heavy (non-hydrogen) atoms.